The number of nitrogens with one attached hydrogen (secondary N) is 1. The summed E-state index contributed by atoms with van der Waals surface area (Å²) in [5.41, 5.74) is 0.740. The van der Waals surface area contributed by atoms with Crippen LogP contribution in [0.15, 0.2) is 42.5 Å². The quantitative estimate of drug-likeness (QED) is 0.887. The summed E-state index contributed by atoms with van der Waals surface area (Å²) in [6.07, 6.45) is -1.02. The summed E-state index contributed by atoms with van der Waals surface area (Å²) in [6, 6.07) is 9.11. The van der Waals surface area contributed by atoms with E-state index in [1.54, 1.807) is 25.1 Å². The zero-order valence-corrected chi connectivity index (χ0v) is 11.5. The molecule has 2 atom stereocenters. The van der Waals surface area contributed by atoms with Crippen LogP contribution in [0.5, 0.6) is 0 Å². The fourth-order valence-corrected chi connectivity index (χ4v) is 2.01. The van der Waals surface area contributed by atoms with Crippen molar-refractivity contribution in [3.05, 3.63) is 71.0 Å². The molecule has 2 nitrogen and oxygen atoms in total. The summed E-state index contributed by atoms with van der Waals surface area (Å²) < 4.78 is 39.5. The van der Waals surface area contributed by atoms with Gasteiger partial charge in [0.25, 0.3) is 0 Å². The molecule has 0 aromatic heterocycles. The predicted molar refractivity (Wildman–Crippen MR) is 74.0 cm³/mol. The zero-order valence-electron chi connectivity index (χ0n) is 11.5. The molecule has 0 amide bonds. The monoisotopic (exact) mass is 295 g/mol. The van der Waals surface area contributed by atoms with Crippen molar-refractivity contribution in [3.8, 4) is 0 Å². The van der Waals surface area contributed by atoms with Gasteiger partial charge in [-0.05, 0) is 30.7 Å². The van der Waals surface area contributed by atoms with Crippen LogP contribution >= 0.6 is 0 Å². The molecule has 0 radical (unpaired) electrons. The average Bonchev–Trinajstić information content (AvgIpc) is 2.48. The Bertz CT molecular complexity index is 618. The first-order valence-corrected chi connectivity index (χ1v) is 6.59. The van der Waals surface area contributed by atoms with Gasteiger partial charge in [0.2, 0.25) is 0 Å². The predicted octanol–water partition coefficient (Wildman–Crippen LogP) is 3.32. The van der Waals surface area contributed by atoms with Crippen molar-refractivity contribution >= 4 is 0 Å². The fraction of sp³-hybridized carbons (Fsp3) is 0.250. The molecule has 0 fully saturated rings. The molecule has 0 aliphatic heterocycles. The van der Waals surface area contributed by atoms with Crippen molar-refractivity contribution in [2.45, 2.75) is 25.6 Å². The van der Waals surface area contributed by atoms with E-state index < -0.39 is 23.8 Å². The molecule has 0 heterocycles. The van der Waals surface area contributed by atoms with E-state index in [0.29, 0.717) is 5.56 Å². The van der Waals surface area contributed by atoms with E-state index in [9.17, 15) is 18.3 Å². The first kappa shape index (κ1) is 15.5. The fourth-order valence-electron chi connectivity index (χ4n) is 2.01. The Hall–Kier alpha value is -1.85. The molecule has 0 aliphatic carbocycles. The van der Waals surface area contributed by atoms with Gasteiger partial charge in [0, 0.05) is 18.2 Å². The third-order valence-corrected chi connectivity index (χ3v) is 3.33. The highest BCUT2D eigenvalue weighted by atomic mass is 19.2. The van der Waals surface area contributed by atoms with Gasteiger partial charge in [0.05, 0.1) is 6.10 Å². The molecule has 112 valence electrons. The Morgan fingerprint density at radius 3 is 2.38 bits per heavy atom. The molecule has 0 saturated heterocycles. The normalized spacial score (nSPS) is 14.0. The van der Waals surface area contributed by atoms with Gasteiger partial charge in [-0.1, -0.05) is 24.3 Å². The number of hydrogen-bond acceptors (Lipinski definition) is 2. The maximum Gasteiger partial charge on any atom is 0.159 e. The number of rotatable bonds is 5. The first-order valence-electron chi connectivity index (χ1n) is 6.59. The molecular formula is C16H16F3NO. The van der Waals surface area contributed by atoms with Crippen LogP contribution in [0, 0.1) is 17.5 Å². The summed E-state index contributed by atoms with van der Waals surface area (Å²) in [6.45, 7) is 1.92. The van der Waals surface area contributed by atoms with Crippen molar-refractivity contribution in [2.24, 2.45) is 0 Å². The minimum atomic E-state index is -1.02. The lowest BCUT2D eigenvalue weighted by molar-refractivity contribution is 0.134. The van der Waals surface area contributed by atoms with Crippen molar-refractivity contribution in [1.29, 1.82) is 0 Å². The topological polar surface area (TPSA) is 32.3 Å². The minimum Gasteiger partial charge on any atom is -0.387 e. The summed E-state index contributed by atoms with van der Waals surface area (Å²) in [5, 5.41) is 13.1. The number of halogens is 3. The van der Waals surface area contributed by atoms with E-state index in [1.165, 1.54) is 12.1 Å². The van der Waals surface area contributed by atoms with Crippen molar-refractivity contribution in [2.75, 3.05) is 0 Å². The number of hydrogen-bond donors (Lipinski definition) is 2. The Kier molecular flexibility index (Phi) is 4.98. The van der Waals surface area contributed by atoms with Crippen LogP contribution in [0.25, 0.3) is 0 Å². The third-order valence-electron chi connectivity index (χ3n) is 3.33. The smallest absolute Gasteiger partial charge is 0.159 e. The van der Waals surface area contributed by atoms with Gasteiger partial charge in [-0.3, -0.25) is 0 Å². The Morgan fingerprint density at radius 1 is 1.00 bits per heavy atom. The molecule has 2 unspecified atom stereocenters. The van der Waals surface area contributed by atoms with E-state index in [4.69, 9.17) is 0 Å². The minimum absolute atomic E-state index is 0.231. The lowest BCUT2D eigenvalue weighted by Crippen LogP contribution is -2.32. The number of aliphatic hydroxyl groups is 1. The van der Waals surface area contributed by atoms with Gasteiger partial charge >= 0.3 is 0 Å². The first-order chi connectivity index (χ1) is 9.99. The lowest BCUT2D eigenvalue weighted by atomic mass is 10.0. The van der Waals surface area contributed by atoms with Gasteiger partial charge < -0.3 is 10.4 Å². The Labute approximate surface area is 121 Å². The maximum atomic E-state index is 13.5. The largest absolute Gasteiger partial charge is 0.387 e. The van der Waals surface area contributed by atoms with E-state index in [0.717, 1.165) is 12.1 Å². The summed E-state index contributed by atoms with van der Waals surface area (Å²) in [4.78, 5) is 0. The van der Waals surface area contributed by atoms with Crippen LogP contribution in [0.4, 0.5) is 13.2 Å². The van der Waals surface area contributed by atoms with Crippen molar-refractivity contribution in [3.63, 3.8) is 0 Å². The number of aliphatic hydroxyl groups excluding tert-OH is 1. The van der Waals surface area contributed by atoms with E-state index in [1.807, 2.05) is 0 Å². The van der Waals surface area contributed by atoms with Gasteiger partial charge in [-0.15, -0.1) is 0 Å². The van der Waals surface area contributed by atoms with Gasteiger partial charge in [-0.2, -0.15) is 0 Å². The molecule has 2 N–H and O–H groups in total. The molecule has 5 heteroatoms. The maximum absolute atomic E-state index is 13.5. The third kappa shape index (κ3) is 3.83. The molecule has 21 heavy (non-hydrogen) atoms. The van der Waals surface area contributed by atoms with Gasteiger partial charge in [0.1, 0.15) is 5.82 Å². The van der Waals surface area contributed by atoms with E-state index >= 15 is 0 Å². The van der Waals surface area contributed by atoms with E-state index in [-0.39, 0.29) is 17.9 Å². The second-order valence-electron chi connectivity index (χ2n) is 4.88. The standard InChI is InChI=1S/C16H16F3NO/c1-10(20-9-12-4-2-3-5-13(12)17)16(21)11-6-7-14(18)15(19)8-11/h2-8,10,16,20-21H,9H2,1H3. The SMILES string of the molecule is CC(NCc1ccccc1F)C(O)c1ccc(F)c(F)c1. The average molecular weight is 295 g/mol. The molecule has 2 aromatic carbocycles. The zero-order chi connectivity index (χ0) is 15.4. The summed E-state index contributed by atoms with van der Waals surface area (Å²) in [7, 11) is 0. The van der Waals surface area contributed by atoms with E-state index in [2.05, 4.69) is 5.32 Å². The highest BCUT2D eigenvalue weighted by molar-refractivity contribution is 5.21. The molecule has 2 aromatic rings. The molecule has 0 saturated carbocycles. The molecule has 0 bridgehead atoms. The van der Waals surface area contributed by atoms with Crippen LogP contribution in [-0.4, -0.2) is 11.1 Å². The van der Waals surface area contributed by atoms with Crippen LogP contribution in [-0.2, 0) is 6.54 Å². The summed E-state index contributed by atoms with van der Waals surface area (Å²) in [5.74, 6) is -2.30. The Balaban J connectivity index is 2.01. The molecule has 0 aliphatic rings. The Morgan fingerprint density at radius 2 is 1.71 bits per heavy atom. The van der Waals surface area contributed by atoms with Crippen LogP contribution < -0.4 is 5.32 Å². The lowest BCUT2D eigenvalue weighted by Gasteiger charge is -2.21. The van der Waals surface area contributed by atoms with Crippen molar-refractivity contribution < 1.29 is 18.3 Å². The van der Waals surface area contributed by atoms with Crippen molar-refractivity contribution in [1.82, 2.24) is 5.32 Å². The highest BCUT2D eigenvalue weighted by Gasteiger charge is 2.18. The van der Waals surface area contributed by atoms with Crippen LogP contribution in [0.1, 0.15) is 24.2 Å². The summed E-state index contributed by atoms with van der Waals surface area (Å²) >= 11 is 0. The van der Waals surface area contributed by atoms with Crippen LogP contribution in [0.3, 0.4) is 0 Å². The molecular weight excluding hydrogens is 279 g/mol. The van der Waals surface area contributed by atoms with Gasteiger partial charge in [-0.25, -0.2) is 13.2 Å². The van der Waals surface area contributed by atoms with Crippen LogP contribution in [0.2, 0.25) is 0 Å². The van der Waals surface area contributed by atoms with Gasteiger partial charge in [0.15, 0.2) is 11.6 Å². The highest BCUT2D eigenvalue weighted by Crippen LogP contribution is 2.19. The molecule has 2 rings (SSSR count). The molecule has 0 spiro atoms. The second kappa shape index (κ2) is 6.74. The number of benzene rings is 2. The second-order valence-corrected chi connectivity index (χ2v) is 4.88.